The van der Waals surface area contributed by atoms with Crippen molar-refractivity contribution in [1.29, 1.82) is 5.26 Å². The summed E-state index contributed by atoms with van der Waals surface area (Å²) in [5.74, 6) is 1.46. The fraction of sp³-hybridized carbons (Fsp3) is 0.421. The molecule has 146 valence electrons. The fourth-order valence-electron chi connectivity index (χ4n) is 2.53. The van der Waals surface area contributed by atoms with Crippen LogP contribution in [0.3, 0.4) is 0 Å². The van der Waals surface area contributed by atoms with E-state index < -0.39 is 0 Å². The monoisotopic (exact) mass is 481 g/mol. The minimum absolute atomic E-state index is 0. The molecule has 5 N–H and O–H groups in total. The maximum absolute atomic E-state index is 9.41. The van der Waals surface area contributed by atoms with Crippen LogP contribution in [0.2, 0.25) is 0 Å². The predicted molar refractivity (Wildman–Crippen MR) is 120 cm³/mol. The number of hydrogen-bond acceptors (Lipinski definition) is 4. The minimum Gasteiger partial charge on any atom is -0.382 e. The number of anilines is 1. The maximum Gasteiger partial charge on any atom is 0.188 e. The third-order valence-electron chi connectivity index (χ3n) is 3.99. The second kappa shape index (κ2) is 11.4. The van der Waals surface area contributed by atoms with E-state index in [1.54, 1.807) is 4.68 Å². The topological polar surface area (TPSA) is 118 Å². The van der Waals surface area contributed by atoms with Crippen molar-refractivity contribution < 1.29 is 0 Å². The number of para-hydroxylation sites is 1. The molecule has 0 fully saturated rings. The summed E-state index contributed by atoms with van der Waals surface area (Å²) in [6.45, 7) is 5.73. The van der Waals surface area contributed by atoms with Crippen molar-refractivity contribution in [2.75, 3.05) is 18.8 Å². The second-order valence-electron chi connectivity index (χ2n) is 6.55. The van der Waals surface area contributed by atoms with Crippen molar-refractivity contribution in [3.8, 4) is 11.8 Å². The Hall–Kier alpha value is -2.28. The van der Waals surface area contributed by atoms with Gasteiger partial charge in [-0.2, -0.15) is 10.4 Å². The van der Waals surface area contributed by atoms with E-state index in [0.29, 0.717) is 41.9 Å². The standard InChI is InChI=1S/C19H27N7.HI/c1-14(2)10-12-24-19(22)23-11-6-9-17-16(13-20)18(21)26(25-17)15-7-4-3-5-8-15;/h3-5,7-8,14H,6,9-12,21H2,1-2H3,(H3,22,23,24);1H. The Balaban J connectivity index is 0.00000364. The highest BCUT2D eigenvalue weighted by Crippen LogP contribution is 2.21. The van der Waals surface area contributed by atoms with Crippen LogP contribution in [-0.2, 0) is 6.42 Å². The van der Waals surface area contributed by atoms with Crippen molar-refractivity contribution >= 4 is 35.8 Å². The number of nitrogen functional groups attached to an aromatic ring is 1. The summed E-state index contributed by atoms with van der Waals surface area (Å²) in [6, 6.07) is 11.7. The number of nitrogens with zero attached hydrogens (tertiary/aromatic N) is 4. The number of halogens is 1. The number of aliphatic imine (C=N–C) groups is 1. The molecule has 0 atom stereocenters. The van der Waals surface area contributed by atoms with Gasteiger partial charge < -0.3 is 16.8 Å². The number of rotatable bonds is 8. The van der Waals surface area contributed by atoms with Gasteiger partial charge in [-0.1, -0.05) is 32.0 Å². The Labute approximate surface area is 177 Å². The van der Waals surface area contributed by atoms with Gasteiger partial charge in [0.2, 0.25) is 0 Å². The highest BCUT2D eigenvalue weighted by atomic mass is 127. The van der Waals surface area contributed by atoms with Crippen molar-refractivity contribution in [3.05, 3.63) is 41.6 Å². The van der Waals surface area contributed by atoms with Gasteiger partial charge in [-0.25, -0.2) is 4.68 Å². The molecule has 1 aromatic heterocycles. The highest BCUT2D eigenvalue weighted by molar-refractivity contribution is 14.0. The summed E-state index contributed by atoms with van der Waals surface area (Å²) < 4.78 is 1.61. The van der Waals surface area contributed by atoms with Crippen LogP contribution in [0.4, 0.5) is 5.82 Å². The zero-order valence-electron chi connectivity index (χ0n) is 15.9. The lowest BCUT2D eigenvalue weighted by Gasteiger charge is -2.07. The Kier molecular flexibility index (Phi) is 9.64. The lowest BCUT2D eigenvalue weighted by atomic mass is 10.1. The molecule has 0 unspecified atom stereocenters. The number of guanidine groups is 1. The average Bonchev–Trinajstić information content (AvgIpc) is 2.94. The van der Waals surface area contributed by atoms with Gasteiger partial charge >= 0.3 is 0 Å². The van der Waals surface area contributed by atoms with Crippen molar-refractivity contribution in [2.45, 2.75) is 33.1 Å². The molecule has 0 aliphatic carbocycles. The molecule has 27 heavy (non-hydrogen) atoms. The van der Waals surface area contributed by atoms with Gasteiger partial charge in [0.15, 0.2) is 5.96 Å². The van der Waals surface area contributed by atoms with E-state index in [1.165, 1.54) is 0 Å². The van der Waals surface area contributed by atoms with E-state index in [4.69, 9.17) is 11.5 Å². The van der Waals surface area contributed by atoms with Crippen molar-refractivity contribution in [2.24, 2.45) is 16.6 Å². The normalized spacial score (nSPS) is 11.1. The van der Waals surface area contributed by atoms with E-state index in [9.17, 15) is 5.26 Å². The van der Waals surface area contributed by atoms with Gasteiger partial charge in [0.1, 0.15) is 17.5 Å². The number of aromatic nitrogens is 2. The molecule has 0 amide bonds. The summed E-state index contributed by atoms with van der Waals surface area (Å²) >= 11 is 0. The summed E-state index contributed by atoms with van der Waals surface area (Å²) in [7, 11) is 0. The molecule has 0 aliphatic heterocycles. The molecule has 1 heterocycles. The fourth-order valence-corrected chi connectivity index (χ4v) is 2.53. The Morgan fingerprint density at radius 2 is 2.04 bits per heavy atom. The molecule has 2 aromatic rings. The molecule has 2 rings (SSSR count). The van der Waals surface area contributed by atoms with Crippen LogP contribution in [0.5, 0.6) is 0 Å². The minimum atomic E-state index is 0. The Morgan fingerprint density at radius 1 is 1.33 bits per heavy atom. The maximum atomic E-state index is 9.41. The van der Waals surface area contributed by atoms with E-state index in [0.717, 1.165) is 25.1 Å². The lowest BCUT2D eigenvalue weighted by Crippen LogP contribution is -2.33. The lowest BCUT2D eigenvalue weighted by molar-refractivity contribution is 0.576. The zero-order valence-corrected chi connectivity index (χ0v) is 18.2. The molecule has 0 spiro atoms. The number of nitriles is 1. The molecule has 0 aliphatic rings. The molecule has 8 heteroatoms. The Morgan fingerprint density at radius 3 is 2.67 bits per heavy atom. The third-order valence-corrected chi connectivity index (χ3v) is 3.99. The number of nitrogens with one attached hydrogen (secondary N) is 1. The highest BCUT2D eigenvalue weighted by Gasteiger charge is 2.15. The van der Waals surface area contributed by atoms with Crippen LogP contribution in [-0.4, -0.2) is 28.8 Å². The van der Waals surface area contributed by atoms with Gasteiger partial charge in [-0.15, -0.1) is 24.0 Å². The van der Waals surface area contributed by atoms with Crippen LogP contribution in [0.1, 0.15) is 37.9 Å². The second-order valence-corrected chi connectivity index (χ2v) is 6.55. The van der Waals surface area contributed by atoms with Gasteiger partial charge in [0, 0.05) is 13.1 Å². The number of nitrogens with two attached hydrogens (primary N) is 2. The van der Waals surface area contributed by atoms with E-state index >= 15 is 0 Å². The average molecular weight is 481 g/mol. The van der Waals surface area contributed by atoms with E-state index in [1.807, 2.05) is 30.3 Å². The van der Waals surface area contributed by atoms with E-state index in [-0.39, 0.29) is 24.0 Å². The third kappa shape index (κ3) is 6.75. The summed E-state index contributed by atoms with van der Waals surface area (Å²) in [5, 5.41) is 17.0. The van der Waals surface area contributed by atoms with Crippen LogP contribution in [0.25, 0.3) is 5.69 Å². The number of aryl methyl sites for hydroxylation is 1. The number of benzene rings is 1. The Bertz CT molecular complexity index is 775. The summed E-state index contributed by atoms with van der Waals surface area (Å²) in [6.07, 6.45) is 2.42. The van der Waals surface area contributed by atoms with Gasteiger partial charge in [-0.05, 0) is 37.3 Å². The van der Waals surface area contributed by atoms with Gasteiger partial charge in [0.25, 0.3) is 0 Å². The van der Waals surface area contributed by atoms with Crippen LogP contribution in [0.15, 0.2) is 35.3 Å². The summed E-state index contributed by atoms with van der Waals surface area (Å²) in [5.41, 5.74) is 13.9. The molecular weight excluding hydrogens is 453 g/mol. The first-order valence-electron chi connectivity index (χ1n) is 8.89. The van der Waals surface area contributed by atoms with E-state index in [2.05, 4.69) is 35.3 Å². The van der Waals surface area contributed by atoms with Crippen LogP contribution in [0, 0.1) is 17.2 Å². The molecule has 7 nitrogen and oxygen atoms in total. The smallest absolute Gasteiger partial charge is 0.188 e. The van der Waals surface area contributed by atoms with Crippen LogP contribution < -0.4 is 16.8 Å². The predicted octanol–water partition coefficient (Wildman–Crippen LogP) is 2.83. The van der Waals surface area contributed by atoms with Gasteiger partial charge in [0.05, 0.1) is 11.4 Å². The van der Waals surface area contributed by atoms with Gasteiger partial charge in [-0.3, -0.25) is 4.99 Å². The molecule has 0 bridgehead atoms. The molecule has 0 saturated heterocycles. The zero-order chi connectivity index (χ0) is 18.9. The molecular formula is C19H28IN7. The van der Waals surface area contributed by atoms with Crippen LogP contribution >= 0.6 is 24.0 Å². The SMILES string of the molecule is CC(C)CCNC(N)=NCCCc1nn(-c2ccccc2)c(N)c1C#N.I. The summed E-state index contributed by atoms with van der Waals surface area (Å²) in [4.78, 5) is 4.31. The first-order chi connectivity index (χ1) is 12.5. The quantitative estimate of drug-likeness (QED) is 0.232. The number of hydrogen-bond donors (Lipinski definition) is 3. The molecule has 0 saturated carbocycles. The largest absolute Gasteiger partial charge is 0.382 e. The molecule has 1 aromatic carbocycles. The first kappa shape index (κ1) is 22.8. The molecule has 0 radical (unpaired) electrons. The van der Waals surface area contributed by atoms with Crippen molar-refractivity contribution in [1.82, 2.24) is 15.1 Å². The first-order valence-corrected chi connectivity index (χ1v) is 8.89. The van der Waals surface area contributed by atoms with Crippen molar-refractivity contribution in [3.63, 3.8) is 0 Å².